The average molecular weight is 391 g/mol. The molecule has 3 N–H and O–H groups in total. The molecule has 0 aliphatic heterocycles. The van der Waals surface area contributed by atoms with Crippen molar-refractivity contribution >= 4 is 39.8 Å². The summed E-state index contributed by atoms with van der Waals surface area (Å²) < 4.78 is 27.0. The molecule has 4 aromatic rings. The molecule has 29 heavy (non-hydrogen) atoms. The predicted molar refractivity (Wildman–Crippen MR) is 108 cm³/mol. The third-order valence-corrected chi connectivity index (χ3v) is 4.11. The number of amides is 2. The lowest BCUT2D eigenvalue weighted by atomic mass is 10.2. The average Bonchev–Trinajstić information content (AvgIpc) is 2.71. The molecule has 1 heterocycles. The molecule has 144 valence electrons. The van der Waals surface area contributed by atoms with Gasteiger partial charge in [0.05, 0.1) is 11.2 Å². The maximum atomic E-state index is 13.9. The molecule has 0 saturated carbocycles. The van der Waals surface area contributed by atoms with Gasteiger partial charge in [-0.15, -0.1) is 0 Å². The smallest absolute Gasteiger partial charge is 0.323 e. The highest BCUT2D eigenvalue weighted by molar-refractivity contribution is 6.01. The van der Waals surface area contributed by atoms with Gasteiger partial charge in [-0.05, 0) is 42.5 Å². The molecule has 8 heteroatoms. The van der Waals surface area contributed by atoms with E-state index in [1.54, 1.807) is 30.3 Å². The van der Waals surface area contributed by atoms with Crippen molar-refractivity contribution in [2.75, 3.05) is 16.0 Å². The van der Waals surface area contributed by atoms with E-state index in [-0.39, 0.29) is 5.69 Å². The van der Waals surface area contributed by atoms with E-state index in [1.807, 2.05) is 18.2 Å². The Bertz CT molecular complexity index is 1180. The summed E-state index contributed by atoms with van der Waals surface area (Å²) in [6.07, 6.45) is 1.32. The van der Waals surface area contributed by atoms with Crippen molar-refractivity contribution in [1.82, 2.24) is 9.97 Å². The van der Waals surface area contributed by atoms with Crippen molar-refractivity contribution in [2.45, 2.75) is 0 Å². The molecule has 6 nitrogen and oxygen atoms in total. The zero-order valence-electron chi connectivity index (χ0n) is 15.0. The van der Waals surface area contributed by atoms with Gasteiger partial charge in [-0.3, -0.25) is 0 Å². The minimum Gasteiger partial charge on any atom is -0.337 e. The Hall–Kier alpha value is -4.07. The summed E-state index contributed by atoms with van der Waals surface area (Å²) in [6, 6.07) is 17.0. The van der Waals surface area contributed by atoms with Crippen LogP contribution in [0.25, 0.3) is 10.9 Å². The van der Waals surface area contributed by atoms with E-state index in [2.05, 4.69) is 25.9 Å². The molecular formula is C21H15F2N5O. The van der Waals surface area contributed by atoms with E-state index in [0.717, 1.165) is 12.1 Å². The molecule has 0 saturated heterocycles. The minimum atomic E-state index is -0.729. The highest BCUT2D eigenvalue weighted by Crippen LogP contribution is 2.26. The number of rotatable bonds is 4. The van der Waals surface area contributed by atoms with Crippen LogP contribution in [-0.2, 0) is 0 Å². The molecule has 2 amide bonds. The van der Waals surface area contributed by atoms with Crippen LogP contribution in [0.2, 0.25) is 0 Å². The number of aromatic nitrogens is 2. The molecule has 0 aliphatic carbocycles. The molecule has 3 aromatic carbocycles. The maximum Gasteiger partial charge on any atom is 0.323 e. The van der Waals surface area contributed by atoms with Crippen molar-refractivity contribution in [3.63, 3.8) is 0 Å². The van der Waals surface area contributed by atoms with Crippen LogP contribution in [0.1, 0.15) is 0 Å². The van der Waals surface area contributed by atoms with Crippen molar-refractivity contribution in [2.24, 2.45) is 0 Å². The number of urea groups is 1. The summed E-state index contributed by atoms with van der Waals surface area (Å²) in [6.45, 7) is 0. The van der Waals surface area contributed by atoms with Gasteiger partial charge < -0.3 is 16.0 Å². The molecule has 0 radical (unpaired) electrons. The van der Waals surface area contributed by atoms with Gasteiger partial charge in [0.15, 0.2) is 0 Å². The van der Waals surface area contributed by atoms with Crippen molar-refractivity contribution in [1.29, 1.82) is 0 Å². The molecule has 0 aliphatic rings. The van der Waals surface area contributed by atoms with Gasteiger partial charge in [0.25, 0.3) is 0 Å². The summed E-state index contributed by atoms with van der Waals surface area (Å²) in [5, 5.41) is 8.92. The van der Waals surface area contributed by atoms with Gasteiger partial charge >= 0.3 is 6.03 Å². The maximum absolute atomic E-state index is 13.9. The Labute approximate surface area is 164 Å². The first-order valence-corrected chi connectivity index (χ1v) is 8.68. The fourth-order valence-corrected chi connectivity index (χ4v) is 2.77. The van der Waals surface area contributed by atoms with Gasteiger partial charge in [0.1, 0.15) is 23.8 Å². The van der Waals surface area contributed by atoms with Crippen LogP contribution in [0.4, 0.5) is 36.5 Å². The molecule has 4 rings (SSSR count). The normalized spacial score (nSPS) is 10.6. The van der Waals surface area contributed by atoms with Crippen molar-refractivity contribution < 1.29 is 13.6 Å². The SMILES string of the molecule is O=C(Nc1ccccc1)Nc1ccc2c(Nc3ccc(F)cc3F)ncnc2c1. The van der Waals surface area contributed by atoms with Crippen LogP contribution in [-0.4, -0.2) is 16.0 Å². The van der Waals surface area contributed by atoms with E-state index in [9.17, 15) is 13.6 Å². The molecule has 0 atom stereocenters. The largest absolute Gasteiger partial charge is 0.337 e. The topological polar surface area (TPSA) is 78.9 Å². The van der Waals surface area contributed by atoms with Crippen molar-refractivity contribution in [3.8, 4) is 0 Å². The highest BCUT2D eigenvalue weighted by atomic mass is 19.1. The van der Waals surface area contributed by atoms with Crippen LogP contribution in [0.15, 0.2) is 73.1 Å². The number of carbonyl (C=O) groups excluding carboxylic acids is 1. The number of fused-ring (bicyclic) bond motifs is 1. The number of carbonyl (C=O) groups is 1. The number of halogens is 2. The number of para-hydroxylation sites is 1. The first-order chi connectivity index (χ1) is 14.1. The number of benzene rings is 3. The lowest BCUT2D eigenvalue weighted by Gasteiger charge is -2.11. The van der Waals surface area contributed by atoms with E-state index in [0.29, 0.717) is 28.1 Å². The minimum absolute atomic E-state index is 0.0934. The lowest BCUT2D eigenvalue weighted by molar-refractivity contribution is 0.262. The quantitative estimate of drug-likeness (QED) is 0.441. The Morgan fingerprint density at radius 2 is 1.62 bits per heavy atom. The number of nitrogens with zero attached hydrogens (tertiary/aromatic N) is 2. The fourth-order valence-electron chi connectivity index (χ4n) is 2.77. The third kappa shape index (κ3) is 4.27. The molecular weight excluding hydrogens is 376 g/mol. The van der Waals surface area contributed by atoms with Crippen LogP contribution in [0, 0.1) is 11.6 Å². The number of anilines is 4. The Morgan fingerprint density at radius 3 is 2.41 bits per heavy atom. The summed E-state index contributed by atoms with van der Waals surface area (Å²) in [4.78, 5) is 20.5. The summed E-state index contributed by atoms with van der Waals surface area (Å²) in [5.41, 5.74) is 1.84. The number of nitrogens with one attached hydrogen (secondary N) is 3. The fraction of sp³-hybridized carbons (Fsp3) is 0. The summed E-state index contributed by atoms with van der Waals surface area (Å²) in [5.74, 6) is -1.03. The van der Waals surface area contributed by atoms with Crippen molar-refractivity contribution in [3.05, 3.63) is 84.7 Å². The molecule has 0 bridgehead atoms. The molecule has 1 aromatic heterocycles. The zero-order valence-corrected chi connectivity index (χ0v) is 15.0. The van der Waals surface area contributed by atoms with Gasteiger partial charge in [0, 0.05) is 22.8 Å². The van der Waals surface area contributed by atoms with E-state index in [1.165, 1.54) is 12.4 Å². The highest BCUT2D eigenvalue weighted by Gasteiger charge is 2.10. The van der Waals surface area contributed by atoms with Gasteiger partial charge in [-0.1, -0.05) is 18.2 Å². The van der Waals surface area contributed by atoms with E-state index >= 15 is 0 Å². The second-order valence-electron chi connectivity index (χ2n) is 6.15. The molecule has 0 spiro atoms. The van der Waals surface area contributed by atoms with Gasteiger partial charge in [-0.25, -0.2) is 23.5 Å². The Balaban J connectivity index is 1.55. The van der Waals surface area contributed by atoms with Crippen LogP contribution in [0.3, 0.4) is 0 Å². The van der Waals surface area contributed by atoms with Crippen LogP contribution >= 0.6 is 0 Å². The van der Waals surface area contributed by atoms with E-state index < -0.39 is 17.7 Å². The Morgan fingerprint density at radius 1 is 0.828 bits per heavy atom. The second-order valence-corrected chi connectivity index (χ2v) is 6.15. The predicted octanol–water partition coefficient (Wildman–Crippen LogP) is 5.30. The number of hydrogen-bond acceptors (Lipinski definition) is 4. The van der Waals surface area contributed by atoms with Gasteiger partial charge in [-0.2, -0.15) is 0 Å². The summed E-state index contributed by atoms with van der Waals surface area (Å²) >= 11 is 0. The molecule has 0 unspecified atom stereocenters. The third-order valence-electron chi connectivity index (χ3n) is 4.11. The Kier molecular flexibility index (Phi) is 4.98. The van der Waals surface area contributed by atoms with Crippen LogP contribution in [0.5, 0.6) is 0 Å². The monoisotopic (exact) mass is 391 g/mol. The lowest BCUT2D eigenvalue weighted by Crippen LogP contribution is -2.19. The number of hydrogen-bond donors (Lipinski definition) is 3. The first-order valence-electron chi connectivity index (χ1n) is 8.68. The first kappa shape index (κ1) is 18.3. The summed E-state index contributed by atoms with van der Waals surface area (Å²) in [7, 11) is 0. The van der Waals surface area contributed by atoms with E-state index in [4.69, 9.17) is 0 Å². The molecule has 0 fully saturated rings. The zero-order chi connectivity index (χ0) is 20.2. The van der Waals surface area contributed by atoms with Crippen LogP contribution < -0.4 is 16.0 Å². The second kappa shape index (κ2) is 7.89. The van der Waals surface area contributed by atoms with Gasteiger partial charge in [0.2, 0.25) is 0 Å². The standard InChI is InChI=1S/C21H15F2N5O/c22-13-6-9-18(17(23)10-13)28-20-16-8-7-15(11-19(16)24-12-25-20)27-21(29)26-14-4-2-1-3-5-14/h1-12H,(H,24,25,28)(H2,26,27,29).